The van der Waals surface area contributed by atoms with E-state index in [2.05, 4.69) is 20.5 Å². The minimum Gasteiger partial charge on any atom is -0.496 e. The normalized spacial score (nSPS) is 16.3. The molecule has 9 nitrogen and oxygen atoms in total. The number of rotatable bonds is 6. The van der Waals surface area contributed by atoms with E-state index in [0.29, 0.717) is 30.3 Å². The highest BCUT2D eigenvalue weighted by atomic mass is 127. The van der Waals surface area contributed by atoms with Crippen molar-refractivity contribution in [3.63, 3.8) is 0 Å². The molecule has 1 aromatic rings. The smallest absolute Gasteiger partial charge is 0.407 e. The summed E-state index contributed by atoms with van der Waals surface area (Å²) in [6.45, 7) is 7.48. The van der Waals surface area contributed by atoms with Crippen molar-refractivity contribution in [3.8, 4) is 17.2 Å². The fourth-order valence-corrected chi connectivity index (χ4v) is 3.28. The number of nitrogens with one attached hydrogen (secondary N) is 2. The highest BCUT2D eigenvalue weighted by molar-refractivity contribution is 14.0. The number of halogens is 1. The Labute approximate surface area is 201 Å². The van der Waals surface area contributed by atoms with E-state index in [4.69, 9.17) is 18.9 Å². The molecule has 1 amide bonds. The van der Waals surface area contributed by atoms with E-state index in [1.807, 2.05) is 26.8 Å². The Balaban J connectivity index is 0.00000480. The lowest BCUT2D eigenvalue weighted by Gasteiger charge is -2.24. The lowest BCUT2D eigenvalue weighted by Crippen LogP contribution is -2.44. The summed E-state index contributed by atoms with van der Waals surface area (Å²) in [4.78, 5) is 18.5. The third-order valence-corrected chi connectivity index (χ3v) is 4.64. The Morgan fingerprint density at radius 3 is 2.29 bits per heavy atom. The van der Waals surface area contributed by atoms with Gasteiger partial charge >= 0.3 is 6.09 Å². The van der Waals surface area contributed by atoms with Crippen LogP contribution in [-0.4, -0.2) is 70.1 Å². The van der Waals surface area contributed by atoms with Gasteiger partial charge in [-0.25, -0.2) is 4.79 Å². The molecule has 31 heavy (non-hydrogen) atoms. The van der Waals surface area contributed by atoms with Crippen LogP contribution in [0.1, 0.15) is 32.8 Å². The van der Waals surface area contributed by atoms with Crippen LogP contribution in [0.5, 0.6) is 17.2 Å². The molecule has 0 aromatic heterocycles. The molecule has 2 rings (SSSR count). The molecule has 0 saturated carbocycles. The van der Waals surface area contributed by atoms with Crippen LogP contribution in [0.25, 0.3) is 0 Å². The number of hydrogen-bond acceptors (Lipinski definition) is 6. The number of ether oxygens (including phenoxy) is 4. The predicted molar refractivity (Wildman–Crippen MR) is 131 cm³/mol. The molecule has 1 unspecified atom stereocenters. The molecule has 0 radical (unpaired) electrons. The van der Waals surface area contributed by atoms with Crippen LogP contribution in [-0.2, 0) is 11.3 Å². The van der Waals surface area contributed by atoms with Crippen molar-refractivity contribution in [3.05, 3.63) is 17.7 Å². The second-order valence-corrected chi connectivity index (χ2v) is 8.00. The van der Waals surface area contributed by atoms with E-state index in [0.717, 1.165) is 24.5 Å². The maximum atomic E-state index is 12.0. The monoisotopic (exact) mass is 550 g/mol. The lowest BCUT2D eigenvalue weighted by atomic mass is 10.1. The molecular weight excluding hydrogens is 515 g/mol. The molecule has 1 heterocycles. The number of aliphatic imine (C=N–C) groups is 1. The van der Waals surface area contributed by atoms with Crippen LogP contribution < -0.4 is 24.8 Å². The van der Waals surface area contributed by atoms with Crippen molar-refractivity contribution in [2.24, 2.45) is 4.99 Å². The lowest BCUT2D eigenvalue weighted by molar-refractivity contribution is 0.0507. The fourth-order valence-electron chi connectivity index (χ4n) is 3.28. The third kappa shape index (κ3) is 7.82. The summed E-state index contributed by atoms with van der Waals surface area (Å²) in [7, 11) is 6.55. The summed E-state index contributed by atoms with van der Waals surface area (Å²) >= 11 is 0. The van der Waals surface area contributed by atoms with Gasteiger partial charge in [0.05, 0.1) is 27.4 Å². The Bertz CT molecular complexity index is 767. The van der Waals surface area contributed by atoms with Crippen LogP contribution in [0.15, 0.2) is 17.1 Å². The molecule has 0 aliphatic carbocycles. The molecule has 1 fully saturated rings. The number of carbonyl (C=O) groups is 1. The van der Waals surface area contributed by atoms with E-state index in [-0.39, 0.29) is 30.0 Å². The van der Waals surface area contributed by atoms with Crippen LogP contribution >= 0.6 is 24.0 Å². The molecule has 1 aromatic carbocycles. The first-order chi connectivity index (χ1) is 14.2. The highest BCUT2D eigenvalue weighted by Gasteiger charge is 2.28. The maximum Gasteiger partial charge on any atom is 0.407 e. The first-order valence-corrected chi connectivity index (χ1v) is 9.94. The van der Waals surface area contributed by atoms with E-state index < -0.39 is 11.7 Å². The quantitative estimate of drug-likeness (QED) is 0.320. The number of guanidine groups is 1. The van der Waals surface area contributed by atoms with Crippen LogP contribution in [0.2, 0.25) is 0 Å². The minimum atomic E-state index is -0.515. The van der Waals surface area contributed by atoms with Gasteiger partial charge in [-0.15, -0.1) is 24.0 Å². The van der Waals surface area contributed by atoms with Gasteiger partial charge in [0.15, 0.2) is 17.5 Å². The van der Waals surface area contributed by atoms with Gasteiger partial charge < -0.3 is 34.5 Å². The van der Waals surface area contributed by atoms with Gasteiger partial charge in [0.1, 0.15) is 11.4 Å². The second-order valence-electron chi connectivity index (χ2n) is 8.00. The number of methoxy groups -OCH3 is 3. The summed E-state index contributed by atoms with van der Waals surface area (Å²) in [5.41, 5.74) is 0.400. The van der Waals surface area contributed by atoms with Crippen LogP contribution in [0.3, 0.4) is 0 Å². The zero-order chi connectivity index (χ0) is 22.3. The molecule has 0 bridgehead atoms. The number of amides is 1. The molecule has 0 spiro atoms. The summed E-state index contributed by atoms with van der Waals surface area (Å²) in [5, 5.41) is 6.29. The Morgan fingerprint density at radius 2 is 1.74 bits per heavy atom. The second kappa shape index (κ2) is 12.1. The van der Waals surface area contributed by atoms with Crippen molar-refractivity contribution in [2.45, 2.75) is 45.4 Å². The van der Waals surface area contributed by atoms with E-state index in [9.17, 15) is 4.79 Å². The maximum absolute atomic E-state index is 12.0. The summed E-state index contributed by atoms with van der Waals surface area (Å²) in [6.07, 6.45) is 0.423. The van der Waals surface area contributed by atoms with Gasteiger partial charge in [-0.2, -0.15) is 0 Å². The van der Waals surface area contributed by atoms with Gasteiger partial charge in [0.2, 0.25) is 0 Å². The Hall–Kier alpha value is -2.11. The molecule has 2 N–H and O–H groups in total. The van der Waals surface area contributed by atoms with Gasteiger partial charge in [-0.1, -0.05) is 0 Å². The number of alkyl carbamates (subject to hydrolysis) is 1. The topological polar surface area (TPSA) is 93.7 Å². The standard InChI is InChI=1S/C21H34N4O5.HI/c1-21(2,3)30-20(26)24-15-8-9-25(13-15)19(22-4)23-12-14-10-17(28-6)18(29-7)11-16(14)27-5;/h10-11,15H,8-9,12-13H2,1-7H3,(H,22,23)(H,24,26);1H. The van der Waals surface area contributed by atoms with Gasteiger partial charge in [-0.05, 0) is 33.3 Å². The highest BCUT2D eigenvalue weighted by Crippen LogP contribution is 2.34. The molecular formula is C21H35IN4O5. The largest absolute Gasteiger partial charge is 0.496 e. The number of benzene rings is 1. The third-order valence-electron chi connectivity index (χ3n) is 4.64. The Kier molecular flexibility index (Phi) is 10.5. The SMILES string of the molecule is CN=C(NCc1cc(OC)c(OC)cc1OC)N1CCC(NC(=O)OC(C)(C)C)C1.I. The van der Waals surface area contributed by atoms with Crippen molar-refractivity contribution < 1.29 is 23.7 Å². The molecule has 1 aliphatic rings. The minimum absolute atomic E-state index is 0. The zero-order valence-corrected chi connectivity index (χ0v) is 21.7. The summed E-state index contributed by atoms with van der Waals surface area (Å²) in [6, 6.07) is 3.69. The van der Waals surface area contributed by atoms with Gasteiger partial charge in [0.25, 0.3) is 0 Å². The summed E-state index contributed by atoms with van der Waals surface area (Å²) in [5.74, 6) is 2.69. The van der Waals surface area contributed by atoms with E-state index in [1.54, 1.807) is 34.4 Å². The zero-order valence-electron chi connectivity index (χ0n) is 19.4. The van der Waals surface area contributed by atoms with E-state index in [1.165, 1.54) is 0 Å². The predicted octanol–water partition coefficient (Wildman–Crippen LogP) is 3.00. The number of likely N-dealkylation sites (tertiary alicyclic amines) is 1. The van der Waals surface area contributed by atoms with Crippen molar-refractivity contribution in [1.82, 2.24) is 15.5 Å². The number of nitrogens with zero attached hydrogens (tertiary/aromatic N) is 2. The molecule has 1 atom stereocenters. The Morgan fingerprint density at radius 1 is 1.13 bits per heavy atom. The van der Waals surface area contributed by atoms with Gasteiger partial charge in [-0.3, -0.25) is 4.99 Å². The van der Waals surface area contributed by atoms with Crippen LogP contribution in [0.4, 0.5) is 4.79 Å². The fraction of sp³-hybridized carbons (Fsp3) is 0.619. The number of hydrogen-bond donors (Lipinski definition) is 2. The van der Waals surface area contributed by atoms with Crippen LogP contribution in [0, 0.1) is 0 Å². The molecule has 1 saturated heterocycles. The average molecular weight is 550 g/mol. The van der Waals surface area contributed by atoms with E-state index >= 15 is 0 Å². The van der Waals surface area contributed by atoms with Crippen molar-refractivity contribution in [2.75, 3.05) is 41.5 Å². The molecule has 176 valence electrons. The first kappa shape index (κ1) is 26.9. The first-order valence-electron chi connectivity index (χ1n) is 9.94. The number of carbonyl (C=O) groups excluding carboxylic acids is 1. The summed E-state index contributed by atoms with van der Waals surface area (Å²) < 4.78 is 21.6. The van der Waals surface area contributed by atoms with Crippen molar-refractivity contribution in [1.29, 1.82) is 0 Å². The average Bonchev–Trinajstić information content (AvgIpc) is 3.14. The van der Waals surface area contributed by atoms with Crippen molar-refractivity contribution >= 4 is 36.0 Å². The molecule has 1 aliphatic heterocycles. The molecule has 10 heteroatoms. The van der Waals surface area contributed by atoms with Gasteiger partial charge in [0, 0.05) is 38.3 Å².